The summed E-state index contributed by atoms with van der Waals surface area (Å²) in [6.07, 6.45) is 3.41. The van der Waals surface area contributed by atoms with Crippen LogP contribution < -0.4 is 10.2 Å². The summed E-state index contributed by atoms with van der Waals surface area (Å²) >= 11 is 5.95. The van der Waals surface area contributed by atoms with Crippen LogP contribution in [0.4, 0.5) is 11.4 Å². The van der Waals surface area contributed by atoms with Crippen molar-refractivity contribution in [1.29, 1.82) is 0 Å². The number of nitrogens with zero attached hydrogens (tertiary/aromatic N) is 2. The molecule has 0 spiro atoms. The molecule has 1 fully saturated rings. The fourth-order valence-corrected chi connectivity index (χ4v) is 2.64. The number of rotatable bonds is 3. The van der Waals surface area contributed by atoms with Crippen LogP contribution in [0.15, 0.2) is 48.8 Å². The summed E-state index contributed by atoms with van der Waals surface area (Å²) in [5.74, 6) is -0.610. The smallest absolute Gasteiger partial charge is 0.229 e. The molecule has 1 aliphatic rings. The number of amides is 2. The third-order valence-corrected chi connectivity index (χ3v) is 3.80. The Labute approximate surface area is 132 Å². The number of hydrogen-bond acceptors (Lipinski definition) is 3. The van der Waals surface area contributed by atoms with E-state index in [9.17, 15) is 9.59 Å². The zero-order chi connectivity index (χ0) is 15.5. The Kier molecular flexibility index (Phi) is 4.06. The number of aromatic nitrogens is 1. The normalized spacial score (nSPS) is 17.6. The van der Waals surface area contributed by atoms with Gasteiger partial charge in [-0.25, -0.2) is 0 Å². The largest absolute Gasteiger partial charge is 0.326 e. The molecule has 1 aromatic carbocycles. The third kappa shape index (κ3) is 3.09. The monoisotopic (exact) mass is 315 g/mol. The molecular formula is C16H14ClN3O2. The van der Waals surface area contributed by atoms with Crippen LogP contribution in [0.1, 0.15) is 6.42 Å². The fraction of sp³-hybridized carbons (Fsp3) is 0.188. The molecular weight excluding hydrogens is 302 g/mol. The topological polar surface area (TPSA) is 62.3 Å². The first-order valence-corrected chi connectivity index (χ1v) is 7.28. The summed E-state index contributed by atoms with van der Waals surface area (Å²) in [6, 6.07) is 10.5. The molecule has 1 aliphatic heterocycles. The van der Waals surface area contributed by atoms with Crippen molar-refractivity contribution in [1.82, 2.24) is 4.98 Å². The summed E-state index contributed by atoms with van der Waals surface area (Å²) in [6.45, 7) is 0.357. The van der Waals surface area contributed by atoms with E-state index in [1.54, 1.807) is 47.6 Å². The Morgan fingerprint density at radius 2 is 2.05 bits per heavy atom. The minimum atomic E-state index is -0.375. The highest BCUT2D eigenvalue weighted by molar-refractivity contribution is 6.31. The molecule has 0 bridgehead atoms. The number of benzene rings is 1. The Morgan fingerprint density at radius 3 is 2.77 bits per heavy atom. The molecule has 2 heterocycles. The van der Waals surface area contributed by atoms with E-state index in [-0.39, 0.29) is 24.2 Å². The maximum absolute atomic E-state index is 12.3. The van der Waals surface area contributed by atoms with Gasteiger partial charge in [0.05, 0.1) is 5.92 Å². The lowest BCUT2D eigenvalue weighted by Gasteiger charge is -2.17. The molecule has 1 atom stereocenters. The molecule has 1 saturated heterocycles. The number of hydrogen-bond donors (Lipinski definition) is 1. The lowest BCUT2D eigenvalue weighted by Crippen LogP contribution is -2.28. The van der Waals surface area contributed by atoms with Crippen LogP contribution in [0.3, 0.4) is 0 Å². The molecule has 1 unspecified atom stereocenters. The number of anilines is 2. The Bertz CT molecular complexity index is 706. The molecule has 1 aromatic heterocycles. The van der Waals surface area contributed by atoms with Crippen LogP contribution in [0, 0.1) is 5.92 Å². The van der Waals surface area contributed by atoms with Crippen molar-refractivity contribution in [3.8, 4) is 0 Å². The van der Waals surface area contributed by atoms with Crippen molar-refractivity contribution < 1.29 is 9.59 Å². The van der Waals surface area contributed by atoms with E-state index < -0.39 is 0 Å². The summed E-state index contributed by atoms with van der Waals surface area (Å²) in [7, 11) is 0. The summed E-state index contributed by atoms with van der Waals surface area (Å²) < 4.78 is 0. The van der Waals surface area contributed by atoms with Crippen molar-refractivity contribution in [2.45, 2.75) is 6.42 Å². The molecule has 0 aliphatic carbocycles. The lowest BCUT2D eigenvalue weighted by atomic mass is 10.1. The SMILES string of the molecule is O=C(Nc1ccncc1)C1CC(=O)N(c2cccc(Cl)c2)C1. The molecule has 1 N–H and O–H groups in total. The van der Waals surface area contributed by atoms with Crippen LogP contribution in [0.25, 0.3) is 0 Å². The van der Waals surface area contributed by atoms with E-state index in [0.717, 1.165) is 5.69 Å². The van der Waals surface area contributed by atoms with Crippen molar-refractivity contribution >= 4 is 34.8 Å². The van der Waals surface area contributed by atoms with Gasteiger partial charge in [-0.05, 0) is 30.3 Å². The quantitative estimate of drug-likeness (QED) is 0.947. The summed E-state index contributed by atoms with van der Waals surface area (Å²) in [5.41, 5.74) is 1.39. The van der Waals surface area contributed by atoms with Crippen LogP contribution in [0.5, 0.6) is 0 Å². The number of halogens is 1. The third-order valence-electron chi connectivity index (χ3n) is 3.56. The standard InChI is InChI=1S/C16H14ClN3O2/c17-12-2-1-3-14(9-12)20-10-11(8-15(20)21)16(22)19-13-4-6-18-7-5-13/h1-7,9,11H,8,10H2,(H,18,19,22). The summed E-state index contributed by atoms with van der Waals surface area (Å²) in [4.78, 5) is 29.9. The second kappa shape index (κ2) is 6.15. The minimum Gasteiger partial charge on any atom is -0.326 e. The predicted octanol–water partition coefficient (Wildman–Crippen LogP) is 2.73. The highest BCUT2D eigenvalue weighted by atomic mass is 35.5. The Hall–Kier alpha value is -2.40. The van der Waals surface area contributed by atoms with Crippen LogP contribution in [-0.2, 0) is 9.59 Å². The van der Waals surface area contributed by atoms with Gasteiger partial charge in [0.15, 0.2) is 0 Å². The van der Waals surface area contributed by atoms with Gasteiger partial charge in [-0.2, -0.15) is 0 Å². The predicted molar refractivity (Wildman–Crippen MR) is 84.8 cm³/mol. The zero-order valence-electron chi connectivity index (χ0n) is 11.7. The van der Waals surface area contributed by atoms with Crippen LogP contribution in [0.2, 0.25) is 5.02 Å². The molecule has 0 radical (unpaired) electrons. The van der Waals surface area contributed by atoms with E-state index >= 15 is 0 Å². The number of carbonyl (C=O) groups excluding carboxylic acids is 2. The van der Waals surface area contributed by atoms with Crippen molar-refractivity contribution in [3.63, 3.8) is 0 Å². The maximum Gasteiger partial charge on any atom is 0.229 e. The van der Waals surface area contributed by atoms with Gasteiger partial charge in [0.2, 0.25) is 11.8 Å². The second-order valence-electron chi connectivity index (χ2n) is 5.11. The van der Waals surface area contributed by atoms with Crippen LogP contribution >= 0.6 is 11.6 Å². The number of pyridine rings is 1. The molecule has 2 aromatic rings. The van der Waals surface area contributed by atoms with E-state index in [1.165, 1.54) is 0 Å². The molecule has 5 nitrogen and oxygen atoms in total. The second-order valence-corrected chi connectivity index (χ2v) is 5.55. The molecule has 3 rings (SSSR count). The van der Waals surface area contributed by atoms with Gasteiger partial charge in [-0.3, -0.25) is 14.6 Å². The highest BCUT2D eigenvalue weighted by Crippen LogP contribution is 2.27. The average molecular weight is 316 g/mol. The van der Waals surface area contributed by atoms with E-state index in [0.29, 0.717) is 17.3 Å². The Balaban J connectivity index is 1.70. The summed E-state index contributed by atoms with van der Waals surface area (Å²) in [5, 5.41) is 3.37. The van der Waals surface area contributed by atoms with Gasteiger partial charge in [0, 0.05) is 41.8 Å². The van der Waals surface area contributed by atoms with Crippen molar-refractivity contribution in [2.75, 3.05) is 16.8 Å². The zero-order valence-corrected chi connectivity index (χ0v) is 12.5. The van der Waals surface area contributed by atoms with Crippen molar-refractivity contribution in [2.24, 2.45) is 5.92 Å². The fourth-order valence-electron chi connectivity index (χ4n) is 2.46. The minimum absolute atomic E-state index is 0.0721. The number of nitrogens with one attached hydrogen (secondary N) is 1. The highest BCUT2D eigenvalue weighted by Gasteiger charge is 2.35. The first-order valence-electron chi connectivity index (χ1n) is 6.90. The van der Waals surface area contributed by atoms with E-state index in [4.69, 9.17) is 11.6 Å². The van der Waals surface area contributed by atoms with E-state index in [2.05, 4.69) is 10.3 Å². The number of carbonyl (C=O) groups is 2. The first-order chi connectivity index (χ1) is 10.6. The average Bonchev–Trinajstić information content (AvgIpc) is 2.90. The van der Waals surface area contributed by atoms with Gasteiger partial charge < -0.3 is 10.2 Å². The molecule has 2 amide bonds. The van der Waals surface area contributed by atoms with Gasteiger partial charge >= 0.3 is 0 Å². The van der Waals surface area contributed by atoms with E-state index in [1.807, 2.05) is 6.07 Å². The molecule has 6 heteroatoms. The molecule has 0 saturated carbocycles. The molecule has 112 valence electrons. The van der Waals surface area contributed by atoms with Crippen LogP contribution in [-0.4, -0.2) is 23.3 Å². The molecule has 22 heavy (non-hydrogen) atoms. The van der Waals surface area contributed by atoms with Gasteiger partial charge in [-0.15, -0.1) is 0 Å². The Morgan fingerprint density at radius 1 is 1.27 bits per heavy atom. The lowest BCUT2D eigenvalue weighted by molar-refractivity contribution is -0.122. The maximum atomic E-state index is 12.3. The first kappa shape index (κ1) is 14.5. The van der Waals surface area contributed by atoms with Gasteiger partial charge in [-0.1, -0.05) is 17.7 Å². The van der Waals surface area contributed by atoms with Gasteiger partial charge in [0.1, 0.15) is 0 Å². The van der Waals surface area contributed by atoms with Crippen molar-refractivity contribution in [3.05, 3.63) is 53.8 Å². The van der Waals surface area contributed by atoms with Gasteiger partial charge in [0.25, 0.3) is 0 Å².